The molecule has 0 aliphatic rings. The van der Waals surface area contributed by atoms with Crippen molar-refractivity contribution in [3.05, 3.63) is 69.7 Å². The number of nitrogens with one attached hydrogen (secondary N) is 1. The van der Waals surface area contributed by atoms with Crippen LogP contribution >= 0.6 is 23.2 Å². The first kappa shape index (κ1) is 20.4. The van der Waals surface area contributed by atoms with Crippen molar-refractivity contribution in [3.63, 3.8) is 0 Å². The van der Waals surface area contributed by atoms with Gasteiger partial charge in [0.15, 0.2) is 5.78 Å². The molecule has 0 aliphatic heterocycles. The fourth-order valence-corrected chi connectivity index (χ4v) is 2.94. The maximum absolute atomic E-state index is 12.1. The van der Waals surface area contributed by atoms with E-state index in [1.165, 1.54) is 0 Å². The number of benzene rings is 2. The van der Waals surface area contributed by atoms with Gasteiger partial charge in [0.25, 0.3) is 0 Å². The van der Waals surface area contributed by atoms with E-state index in [2.05, 4.69) is 5.32 Å². The molecule has 0 heterocycles. The molecule has 6 heteroatoms. The minimum atomic E-state index is -0.152. The lowest BCUT2D eigenvalue weighted by Gasteiger charge is -2.25. The molecule has 1 N–H and O–H groups in total. The summed E-state index contributed by atoms with van der Waals surface area (Å²) in [5, 5.41) is 4.14. The molecule has 0 aliphatic carbocycles. The lowest BCUT2D eigenvalue weighted by Crippen LogP contribution is -2.34. The number of hydrogen-bond acceptors (Lipinski definition) is 3. The van der Waals surface area contributed by atoms with Gasteiger partial charge in [-0.05, 0) is 56.1 Å². The number of hydrogen-bond donors (Lipinski definition) is 1. The second-order valence-corrected chi connectivity index (χ2v) is 7.14. The highest BCUT2D eigenvalue weighted by Gasteiger charge is 2.16. The second-order valence-electron chi connectivity index (χ2n) is 6.27. The zero-order valence-corrected chi connectivity index (χ0v) is 16.3. The summed E-state index contributed by atoms with van der Waals surface area (Å²) in [7, 11) is 3.89. The normalized spacial score (nSPS) is 12.0. The Morgan fingerprint density at radius 3 is 2.31 bits per heavy atom. The van der Waals surface area contributed by atoms with Gasteiger partial charge in [-0.3, -0.25) is 9.59 Å². The molecular weight excluding hydrogens is 371 g/mol. The van der Waals surface area contributed by atoms with Gasteiger partial charge in [-0.1, -0.05) is 35.3 Å². The molecule has 2 aromatic carbocycles. The number of amides is 1. The third-order valence-electron chi connectivity index (χ3n) is 4.09. The Hall–Kier alpha value is -1.88. The van der Waals surface area contributed by atoms with Crippen LogP contribution in [-0.2, 0) is 4.79 Å². The first-order valence-corrected chi connectivity index (χ1v) is 9.10. The van der Waals surface area contributed by atoms with E-state index in [0.29, 0.717) is 22.2 Å². The second kappa shape index (κ2) is 9.72. The van der Waals surface area contributed by atoms with Crippen molar-refractivity contribution in [1.82, 2.24) is 10.2 Å². The van der Waals surface area contributed by atoms with Crippen LogP contribution in [0.15, 0.2) is 48.5 Å². The number of nitrogens with zero attached hydrogens (tertiary/aromatic N) is 1. The molecule has 0 fully saturated rings. The number of halogens is 2. The number of carbonyl (C=O) groups excluding carboxylic acids is 2. The third-order valence-corrected chi connectivity index (χ3v) is 4.58. The van der Waals surface area contributed by atoms with Crippen LogP contribution in [0.3, 0.4) is 0 Å². The van der Waals surface area contributed by atoms with Gasteiger partial charge in [0.2, 0.25) is 5.91 Å². The number of rotatable bonds is 8. The van der Waals surface area contributed by atoms with Crippen LogP contribution in [0, 0.1) is 0 Å². The number of likely N-dealkylation sites (N-methyl/N-ethyl adjacent to an activating group) is 1. The van der Waals surface area contributed by atoms with Crippen molar-refractivity contribution < 1.29 is 9.59 Å². The van der Waals surface area contributed by atoms with Gasteiger partial charge in [-0.2, -0.15) is 0 Å². The largest absolute Gasteiger partial charge is 0.354 e. The Morgan fingerprint density at radius 2 is 1.69 bits per heavy atom. The molecule has 2 rings (SSSR count). The standard InChI is InChI=1S/C20H22Cl2N2O2/c1-24(2)18(15-4-3-5-17(22)12-15)13-23-20(26)11-10-19(25)14-6-8-16(21)9-7-14/h3-9,12,18H,10-11,13H2,1-2H3,(H,23,26). The molecule has 26 heavy (non-hydrogen) atoms. The van der Waals surface area contributed by atoms with Crippen LogP contribution < -0.4 is 5.32 Å². The monoisotopic (exact) mass is 392 g/mol. The van der Waals surface area contributed by atoms with Crippen molar-refractivity contribution in [2.75, 3.05) is 20.6 Å². The van der Waals surface area contributed by atoms with Crippen molar-refractivity contribution in [3.8, 4) is 0 Å². The predicted octanol–water partition coefficient (Wildman–Crippen LogP) is 4.38. The number of Topliss-reactive ketones (excluding diaryl/α,β-unsaturated/α-hetero) is 1. The Balaban J connectivity index is 1.86. The molecule has 0 aromatic heterocycles. The Kier molecular flexibility index (Phi) is 7.64. The summed E-state index contributed by atoms with van der Waals surface area (Å²) in [6.07, 6.45) is 0.314. The average molecular weight is 393 g/mol. The fourth-order valence-electron chi connectivity index (χ4n) is 2.62. The molecule has 0 spiro atoms. The van der Waals surface area contributed by atoms with Crippen LogP contribution in [0.5, 0.6) is 0 Å². The third kappa shape index (κ3) is 6.13. The molecule has 4 nitrogen and oxygen atoms in total. The molecule has 0 saturated carbocycles. The van der Waals surface area contributed by atoms with E-state index in [9.17, 15) is 9.59 Å². The highest BCUT2D eigenvalue weighted by atomic mass is 35.5. The van der Waals surface area contributed by atoms with E-state index in [1.807, 2.05) is 43.3 Å². The molecule has 1 atom stereocenters. The minimum absolute atomic E-state index is 0.00427. The topological polar surface area (TPSA) is 49.4 Å². The van der Waals surface area contributed by atoms with E-state index < -0.39 is 0 Å². The zero-order valence-electron chi connectivity index (χ0n) is 14.8. The quantitative estimate of drug-likeness (QED) is 0.678. The van der Waals surface area contributed by atoms with Gasteiger partial charge in [-0.25, -0.2) is 0 Å². The summed E-state index contributed by atoms with van der Waals surface area (Å²) in [6.45, 7) is 0.446. The van der Waals surface area contributed by atoms with Gasteiger partial charge in [0.1, 0.15) is 0 Å². The van der Waals surface area contributed by atoms with E-state index in [-0.39, 0.29) is 30.6 Å². The van der Waals surface area contributed by atoms with Gasteiger partial charge < -0.3 is 10.2 Å². The highest BCUT2D eigenvalue weighted by molar-refractivity contribution is 6.30. The van der Waals surface area contributed by atoms with Crippen molar-refractivity contribution in [2.24, 2.45) is 0 Å². The Bertz CT molecular complexity index is 761. The smallest absolute Gasteiger partial charge is 0.220 e. The molecule has 0 bridgehead atoms. The SMILES string of the molecule is CN(C)C(CNC(=O)CCC(=O)c1ccc(Cl)cc1)c1cccc(Cl)c1. The highest BCUT2D eigenvalue weighted by Crippen LogP contribution is 2.21. The van der Waals surface area contributed by atoms with Gasteiger partial charge >= 0.3 is 0 Å². The summed E-state index contributed by atoms with van der Waals surface area (Å²) >= 11 is 11.9. The Morgan fingerprint density at radius 1 is 1.00 bits per heavy atom. The number of carbonyl (C=O) groups is 2. The maximum Gasteiger partial charge on any atom is 0.220 e. The van der Waals surface area contributed by atoms with E-state index in [0.717, 1.165) is 5.56 Å². The first-order valence-electron chi connectivity index (χ1n) is 8.34. The molecule has 1 amide bonds. The van der Waals surface area contributed by atoms with Crippen LogP contribution in [0.4, 0.5) is 0 Å². The molecule has 0 radical (unpaired) electrons. The summed E-state index contributed by atoms with van der Waals surface area (Å²) in [5.74, 6) is -0.225. The molecule has 1 unspecified atom stereocenters. The van der Waals surface area contributed by atoms with Crippen LogP contribution in [0.2, 0.25) is 10.0 Å². The van der Waals surface area contributed by atoms with E-state index >= 15 is 0 Å². The predicted molar refractivity (Wildman–Crippen MR) is 106 cm³/mol. The summed E-state index contributed by atoms with van der Waals surface area (Å²) < 4.78 is 0. The van der Waals surface area contributed by atoms with Crippen molar-refractivity contribution in [2.45, 2.75) is 18.9 Å². The minimum Gasteiger partial charge on any atom is -0.354 e. The summed E-state index contributed by atoms with van der Waals surface area (Å²) in [6, 6.07) is 14.3. The molecule has 2 aromatic rings. The zero-order chi connectivity index (χ0) is 19.1. The lowest BCUT2D eigenvalue weighted by molar-refractivity contribution is -0.121. The van der Waals surface area contributed by atoms with Crippen molar-refractivity contribution >= 4 is 34.9 Å². The lowest BCUT2D eigenvalue weighted by atomic mass is 10.1. The van der Waals surface area contributed by atoms with Crippen LogP contribution in [0.1, 0.15) is 34.8 Å². The summed E-state index contributed by atoms with van der Waals surface area (Å²) in [4.78, 5) is 26.3. The average Bonchev–Trinajstić information content (AvgIpc) is 2.60. The van der Waals surface area contributed by atoms with E-state index in [1.54, 1.807) is 24.3 Å². The van der Waals surface area contributed by atoms with Crippen LogP contribution in [0.25, 0.3) is 0 Å². The van der Waals surface area contributed by atoms with Crippen molar-refractivity contribution in [1.29, 1.82) is 0 Å². The first-order chi connectivity index (χ1) is 12.4. The van der Waals surface area contributed by atoms with Crippen LogP contribution in [-0.4, -0.2) is 37.2 Å². The van der Waals surface area contributed by atoms with E-state index in [4.69, 9.17) is 23.2 Å². The molecular formula is C20H22Cl2N2O2. The fraction of sp³-hybridized carbons (Fsp3) is 0.300. The van der Waals surface area contributed by atoms with Gasteiger partial charge in [0.05, 0.1) is 6.04 Å². The number of ketones is 1. The Labute approximate surface area is 164 Å². The molecule has 0 saturated heterocycles. The van der Waals surface area contributed by atoms with Gasteiger partial charge in [0, 0.05) is 35.0 Å². The molecule has 138 valence electrons. The van der Waals surface area contributed by atoms with Gasteiger partial charge in [-0.15, -0.1) is 0 Å². The summed E-state index contributed by atoms with van der Waals surface area (Å²) in [5.41, 5.74) is 1.59. The maximum atomic E-state index is 12.1.